The quantitative estimate of drug-likeness (QED) is 0.655. The third-order valence-corrected chi connectivity index (χ3v) is 5.40. The summed E-state index contributed by atoms with van der Waals surface area (Å²) in [6.45, 7) is 4.00. The number of carbonyl (C=O) groups is 1. The summed E-state index contributed by atoms with van der Waals surface area (Å²) in [7, 11) is 0. The molecule has 0 fully saturated rings. The van der Waals surface area contributed by atoms with Crippen LogP contribution in [0, 0.1) is 13.8 Å². The van der Waals surface area contributed by atoms with Crippen molar-refractivity contribution >= 4 is 17.7 Å². The highest BCUT2D eigenvalue weighted by molar-refractivity contribution is 6.02. The summed E-state index contributed by atoms with van der Waals surface area (Å²) in [5.74, 6) is -0.106. The number of anilines is 1. The van der Waals surface area contributed by atoms with Crippen LogP contribution in [0.4, 0.5) is 5.69 Å². The van der Waals surface area contributed by atoms with Crippen LogP contribution in [0.3, 0.4) is 0 Å². The summed E-state index contributed by atoms with van der Waals surface area (Å²) in [5, 5.41) is 7.70. The highest BCUT2D eigenvalue weighted by Crippen LogP contribution is 2.28. The van der Waals surface area contributed by atoms with E-state index in [2.05, 4.69) is 16.5 Å². The number of amides is 1. The highest BCUT2D eigenvalue weighted by atomic mass is 16.1. The number of fused-ring (bicyclic) bond motifs is 1. The molecule has 4 heteroatoms. The molecule has 1 heterocycles. The van der Waals surface area contributed by atoms with E-state index in [1.54, 1.807) is 6.08 Å². The molecule has 4 nitrogen and oxygen atoms in total. The van der Waals surface area contributed by atoms with E-state index in [1.165, 1.54) is 24.0 Å². The topological polar surface area (TPSA) is 46.9 Å². The number of para-hydroxylation sites is 1. The van der Waals surface area contributed by atoms with Crippen molar-refractivity contribution in [3.05, 3.63) is 82.7 Å². The number of hydrogen-bond acceptors (Lipinski definition) is 2. The van der Waals surface area contributed by atoms with Crippen LogP contribution in [0.15, 0.2) is 54.6 Å². The molecule has 142 valence electrons. The van der Waals surface area contributed by atoms with E-state index in [4.69, 9.17) is 0 Å². The Morgan fingerprint density at radius 2 is 1.82 bits per heavy atom. The Labute approximate surface area is 165 Å². The van der Waals surface area contributed by atoms with Crippen LogP contribution in [-0.4, -0.2) is 15.7 Å². The Bertz CT molecular complexity index is 1030. The lowest BCUT2D eigenvalue weighted by Gasteiger charge is -2.19. The maximum atomic E-state index is 12.5. The van der Waals surface area contributed by atoms with Gasteiger partial charge in [-0.3, -0.25) is 4.79 Å². The molecule has 0 atom stereocenters. The molecule has 28 heavy (non-hydrogen) atoms. The number of nitrogens with zero attached hydrogens (tertiary/aromatic N) is 2. The van der Waals surface area contributed by atoms with Gasteiger partial charge in [0.05, 0.1) is 11.4 Å². The Morgan fingerprint density at radius 3 is 2.64 bits per heavy atom. The van der Waals surface area contributed by atoms with Crippen LogP contribution in [0.5, 0.6) is 0 Å². The predicted octanol–water partition coefficient (Wildman–Crippen LogP) is 5.02. The minimum Gasteiger partial charge on any atom is -0.322 e. The van der Waals surface area contributed by atoms with E-state index >= 15 is 0 Å². The van der Waals surface area contributed by atoms with Crippen LogP contribution < -0.4 is 5.32 Å². The molecule has 0 unspecified atom stereocenters. The van der Waals surface area contributed by atoms with Gasteiger partial charge in [-0.05, 0) is 74.9 Å². The first-order valence-electron chi connectivity index (χ1n) is 9.85. The normalized spacial score (nSPS) is 13.5. The van der Waals surface area contributed by atoms with Gasteiger partial charge < -0.3 is 5.32 Å². The largest absolute Gasteiger partial charge is 0.322 e. The van der Waals surface area contributed by atoms with E-state index in [0.717, 1.165) is 41.2 Å². The second-order valence-electron chi connectivity index (χ2n) is 7.30. The van der Waals surface area contributed by atoms with Gasteiger partial charge in [-0.25, -0.2) is 4.68 Å². The lowest BCUT2D eigenvalue weighted by molar-refractivity contribution is -0.111. The summed E-state index contributed by atoms with van der Waals surface area (Å²) in [6.07, 6.45) is 8.03. The molecule has 1 aliphatic rings. The van der Waals surface area contributed by atoms with Crippen molar-refractivity contribution in [3.8, 4) is 5.69 Å². The van der Waals surface area contributed by atoms with Crippen molar-refractivity contribution in [2.75, 3.05) is 5.32 Å². The number of hydrogen-bond donors (Lipinski definition) is 1. The van der Waals surface area contributed by atoms with Crippen molar-refractivity contribution in [2.45, 2.75) is 39.5 Å². The van der Waals surface area contributed by atoms with Crippen molar-refractivity contribution in [3.63, 3.8) is 0 Å². The summed E-state index contributed by atoms with van der Waals surface area (Å²) in [5.41, 5.74) is 7.52. The Morgan fingerprint density at radius 1 is 1.04 bits per heavy atom. The molecule has 0 bridgehead atoms. The highest BCUT2D eigenvalue weighted by Gasteiger charge is 2.14. The lowest BCUT2D eigenvalue weighted by Crippen LogP contribution is -2.13. The number of benzene rings is 2. The zero-order valence-electron chi connectivity index (χ0n) is 16.4. The Kier molecular flexibility index (Phi) is 5.11. The average Bonchev–Trinajstić information content (AvgIpc) is 3.01. The number of carbonyl (C=O) groups excluding carboxylic acids is 1. The molecule has 4 rings (SSSR count). The Hall–Kier alpha value is -3.14. The van der Waals surface area contributed by atoms with Gasteiger partial charge in [-0.15, -0.1) is 0 Å². The van der Waals surface area contributed by atoms with E-state index < -0.39 is 0 Å². The second-order valence-corrected chi connectivity index (χ2v) is 7.30. The molecule has 1 N–H and O–H groups in total. The molecule has 2 aromatic carbocycles. The molecule has 0 aliphatic heterocycles. The fraction of sp³-hybridized carbons (Fsp3) is 0.250. The van der Waals surface area contributed by atoms with Crippen molar-refractivity contribution in [1.82, 2.24) is 9.78 Å². The zero-order valence-corrected chi connectivity index (χ0v) is 16.4. The minimum atomic E-state index is -0.106. The van der Waals surface area contributed by atoms with Crippen molar-refractivity contribution in [1.29, 1.82) is 0 Å². The summed E-state index contributed by atoms with van der Waals surface area (Å²) < 4.78 is 1.92. The molecule has 0 saturated carbocycles. The number of rotatable bonds is 4. The molecule has 0 saturated heterocycles. The van der Waals surface area contributed by atoms with E-state index in [0.29, 0.717) is 0 Å². The predicted molar refractivity (Wildman–Crippen MR) is 114 cm³/mol. The molecular formula is C24H25N3O. The number of aryl methyl sites for hydroxylation is 2. The average molecular weight is 371 g/mol. The van der Waals surface area contributed by atoms with Gasteiger partial charge in [-0.2, -0.15) is 5.10 Å². The zero-order chi connectivity index (χ0) is 19.5. The van der Waals surface area contributed by atoms with Gasteiger partial charge in [0.25, 0.3) is 0 Å². The lowest BCUT2D eigenvalue weighted by atomic mass is 9.90. The van der Waals surface area contributed by atoms with Gasteiger partial charge in [0.15, 0.2) is 0 Å². The minimum absolute atomic E-state index is 0.106. The van der Waals surface area contributed by atoms with Crippen LogP contribution >= 0.6 is 0 Å². The van der Waals surface area contributed by atoms with Gasteiger partial charge in [0.1, 0.15) is 0 Å². The van der Waals surface area contributed by atoms with Crippen LogP contribution in [0.1, 0.15) is 40.9 Å². The molecule has 1 amide bonds. The summed E-state index contributed by atoms with van der Waals surface area (Å²) in [4.78, 5) is 12.5. The standard InChI is InChI=1S/C24H25N3O/c1-17-21(18(2)27(26-17)20-11-4-3-5-12-20)15-16-24(28)25-23-14-8-10-19-9-6-7-13-22(19)23/h3-5,8,10-12,14-16H,6-7,9,13H2,1-2H3,(H,25,28)/b16-15+. The molecule has 1 aromatic heterocycles. The smallest absolute Gasteiger partial charge is 0.248 e. The summed E-state index contributed by atoms with van der Waals surface area (Å²) in [6, 6.07) is 16.2. The van der Waals surface area contributed by atoms with Gasteiger partial charge in [-0.1, -0.05) is 30.3 Å². The van der Waals surface area contributed by atoms with Crippen LogP contribution in [0.25, 0.3) is 11.8 Å². The molecule has 0 radical (unpaired) electrons. The SMILES string of the molecule is Cc1nn(-c2ccccc2)c(C)c1/C=C/C(=O)Nc1cccc2c1CCCC2. The molecule has 3 aromatic rings. The molecular weight excluding hydrogens is 346 g/mol. The fourth-order valence-corrected chi connectivity index (χ4v) is 3.95. The fourth-order valence-electron chi connectivity index (χ4n) is 3.95. The van der Waals surface area contributed by atoms with Gasteiger partial charge in [0.2, 0.25) is 5.91 Å². The van der Waals surface area contributed by atoms with Crippen molar-refractivity contribution < 1.29 is 4.79 Å². The van der Waals surface area contributed by atoms with Gasteiger partial charge >= 0.3 is 0 Å². The van der Waals surface area contributed by atoms with E-state index in [1.807, 2.05) is 67.1 Å². The first kappa shape index (κ1) is 18.2. The van der Waals surface area contributed by atoms with E-state index in [9.17, 15) is 4.79 Å². The maximum Gasteiger partial charge on any atom is 0.248 e. The monoisotopic (exact) mass is 371 g/mol. The first-order valence-corrected chi connectivity index (χ1v) is 9.85. The number of nitrogens with one attached hydrogen (secondary N) is 1. The third kappa shape index (κ3) is 3.63. The third-order valence-electron chi connectivity index (χ3n) is 5.40. The Balaban J connectivity index is 1.54. The first-order chi connectivity index (χ1) is 13.6. The second kappa shape index (κ2) is 7.85. The van der Waals surface area contributed by atoms with E-state index in [-0.39, 0.29) is 5.91 Å². The number of aromatic nitrogens is 2. The van der Waals surface area contributed by atoms with Crippen molar-refractivity contribution in [2.24, 2.45) is 0 Å². The summed E-state index contributed by atoms with van der Waals surface area (Å²) >= 11 is 0. The van der Waals surface area contributed by atoms with Gasteiger partial charge in [0, 0.05) is 23.0 Å². The molecule has 0 spiro atoms. The van der Waals surface area contributed by atoms with Crippen LogP contribution in [0.2, 0.25) is 0 Å². The molecule has 1 aliphatic carbocycles. The van der Waals surface area contributed by atoms with Crippen LogP contribution in [-0.2, 0) is 17.6 Å². The maximum absolute atomic E-state index is 12.5.